The van der Waals surface area contributed by atoms with Crippen LogP contribution in [0.2, 0.25) is 5.02 Å². The molecule has 0 aliphatic carbocycles. The van der Waals surface area contributed by atoms with Crippen LogP contribution in [-0.4, -0.2) is 24.9 Å². The Hall–Kier alpha value is -2.07. The number of amides is 1. The minimum atomic E-state index is -0.414. The molecule has 0 heterocycles. The molecule has 0 N–H and O–H groups in total. The van der Waals surface area contributed by atoms with Gasteiger partial charge in [0.05, 0.1) is 5.02 Å². The van der Waals surface area contributed by atoms with E-state index in [4.69, 9.17) is 16.3 Å². The molecule has 0 spiro atoms. The molecule has 0 aromatic heterocycles. The van der Waals surface area contributed by atoms with Gasteiger partial charge in [0.15, 0.2) is 0 Å². The summed E-state index contributed by atoms with van der Waals surface area (Å²) in [4.78, 5) is 13.3. The smallest absolute Gasteiger partial charge is 0.253 e. The zero-order valence-corrected chi connectivity index (χ0v) is 12.5. The first-order valence-corrected chi connectivity index (χ1v) is 6.74. The summed E-state index contributed by atoms with van der Waals surface area (Å²) < 4.78 is 19.2. The Morgan fingerprint density at radius 2 is 1.95 bits per heavy atom. The number of halogens is 2. The molecule has 2 rings (SSSR count). The lowest BCUT2D eigenvalue weighted by Gasteiger charge is -2.12. The van der Waals surface area contributed by atoms with Gasteiger partial charge in [0.1, 0.15) is 18.2 Å². The molecule has 5 heteroatoms. The number of carbonyl (C=O) groups excluding carboxylic acids is 1. The molecule has 0 saturated heterocycles. The van der Waals surface area contributed by atoms with E-state index in [9.17, 15) is 9.18 Å². The largest absolute Gasteiger partial charge is 0.489 e. The third-order valence-electron chi connectivity index (χ3n) is 2.93. The molecule has 2 aromatic rings. The van der Waals surface area contributed by atoms with Crippen molar-refractivity contribution in [3.63, 3.8) is 0 Å². The van der Waals surface area contributed by atoms with E-state index in [1.165, 1.54) is 17.0 Å². The lowest BCUT2D eigenvalue weighted by molar-refractivity contribution is 0.0827. The highest BCUT2D eigenvalue weighted by molar-refractivity contribution is 6.31. The summed E-state index contributed by atoms with van der Waals surface area (Å²) in [5, 5.41) is 0.315. The van der Waals surface area contributed by atoms with E-state index in [1.807, 2.05) is 0 Å². The summed E-state index contributed by atoms with van der Waals surface area (Å²) in [6.07, 6.45) is 0. The summed E-state index contributed by atoms with van der Waals surface area (Å²) in [5.41, 5.74) is 0.806. The minimum Gasteiger partial charge on any atom is -0.489 e. The van der Waals surface area contributed by atoms with Crippen LogP contribution in [0.1, 0.15) is 15.9 Å². The summed E-state index contributed by atoms with van der Waals surface area (Å²) >= 11 is 5.94. The Morgan fingerprint density at radius 3 is 2.62 bits per heavy atom. The zero-order chi connectivity index (χ0) is 15.4. The summed E-state index contributed by atoms with van der Waals surface area (Å²) in [6.45, 7) is 0.00507. The second-order valence-corrected chi connectivity index (χ2v) is 5.12. The summed E-state index contributed by atoms with van der Waals surface area (Å²) in [7, 11) is 3.35. The first-order valence-electron chi connectivity index (χ1n) is 6.36. The number of carbonyl (C=O) groups is 1. The van der Waals surface area contributed by atoms with Gasteiger partial charge in [-0.3, -0.25) is 4.79 Å². The quantitative estimate of drug-likeness (QED) is 0.860. The molecule has 0 aliphatic rings. The maximum absolute atomic E-state index is 13.6. The van der Waals surface area contributed by atoms with Crippen LogP contribution in [0.15, 0.2) is 42.5 Å². The van der Waals surface area contributed by atoms with E-state index in [2.05, 4.69) is 0 Å². The Bertz CT molecular complexity index is 638. The minimum absolute atomic E-state index is 0.00507. The highest BCUT2D eigenvalue weighted by Crippen LogP contribution is 2.22. The summed E-state index contributed by atoms with van der Waals surface area (Å²) in [6, 6.07) is 11.2. The third kappa shape index (κ3) is 3.73. The molecule has 1 amide bonds. The van der Waals surface area contributed by atoms with Gasteiger partial charge in [-0.15, -0.1) is 0 Å². The van der Waals surface area contributed by atoms with E-state index >= 15 is 0 Å². The molecule has 110 valence electrons. The highest BCUT2D eigenvalue weighted by atomic mass is 35.5. The molecule has 0 aliphatic heterocycles. The van der Waals surface area contributed by atoms with Crippen LogP contribution in [0, 0.1) is 5.82 Å². The van der Waals surface area contributed by atoms with E-state index in [0.29, 0.717) is 21.9 Å². The molecular formula is C16H15ClFNO2. The molecule has 0 atom stereocenters. The van der Waals surface area contributed by atoms with Gasteiger partial charge < -0.3 is 9.64 Å². The van der Waals surface area contributed by atoms with Gasteiger partial charge in [-0.1, -0.05) is 23.7 Å². The molecule has 0 bridgehead atoms. The van der Waals surface area contributed by atoms with Gasteiger partial charge >= 0.3 is 0 Å². The molecule has 21 heavy (non-hydrogen) atoms. The fourth-order valence-electron chi connectivity index (χ4n) is 1.80. The molecular weight excluding hydrogens is 293 g/mol. The Morgan fingerprint density at radius 1 is 1.24 bits per heavy atom. The standard InChI is InChI=1S/C16H15ClFNO2/c1-19(2)16(20)11-5-3-6-12(9-11)21-10-13-14(17)7-4-8-15(13)18/h3-9H,10H2,1-2H3. The Kier molecular flexibility index (Phi) is 4.81. The first kappa shape index (κ1) is 15.3. The van der Waals surface area contributed by atoms with Crippen LogP contribution in [0.5, 0.6) is 5.75 Å². The predicted octanol–water partition coefficient (Wildman–Crippen LogP) is 3.76. The van der Waals surface area contributed by atoms with Crippen molar-refractivity contribution < 1.29 is 13.9 Å². The van der Waals surface area contributed by atoms with Gasteiger partial charge in [0.2, 0.25) is 0 Å². The Balaban J connectivity index is 2.14. The second kappa shape index (κ2) is 6.59. The number of rotatable bonds is 4. The van der Waals surface area contributed by atoms with Gasteiger partial charge in [0, 0.05) is 25.2 Å². The van der Waals surface area contributed by atoms with Crippen LogP contribution in [0.4, 0.5) is 4.39 Å². The lowest BCUT2D eigenvalue weighted by atomic mass is 10.2. The number of ether oxygens (including phenoxy) is 1. The zero-order valence-electron chi connectivity index (χ0n) is 11.8. The van der Waals surface area contributed by atoms with Gasteiger partial charge in [0.25, 0.3) is 5.91 Å². The number of nitrogens with zero attached hydrogens (tertiary/aromatic N) is 1. The first-order chi connectivity index (χ1) is 9.99. The van der Waals surface area contributed by atoms with Crippen LogP contribution >= 0.6 is 11.6 Å². The van der Waals surface area contributed by atoms with Crippen molar-refractivity contribution in [3.8, 4) is 5.75 Å². The fraction of sp³-hybridized carbons (Fsp3) is 0.188. The van der Waals surface area contributed by atoms with Crippen molar-refractivity contribution in [1.82, 2.24) is 4.90 Å². The molecule has 0 unspecified atom stereocenters. The normalized spacial score (nSPS) is 10.3. The monoisotopic (exact) mass is 307 g/mol. The van der Waals surface area contributed by atoms with Crippen LogP contribution in [0.25, 0.3) is 0 Å². The molecule has 0 fully saturated rings. The lowest BCUT2D eigenvalue weighted by Crippen LogP contribution is -2.21. The van der Waals surface area contributed by atoms with Crippen molar-refractivity contribution in [2.75, 3.05) is 14.1 Å². The highest BCUT2D eigenvalue weighted by Gasteiger charge is 2.10. The van der Waals surface area contributed by atoms with Crippen molar-refractivity contribution in [3.05, 3.63) is 64.4 Å². The Labute approximate surface area is 127 Å². The SMILES string of the molecule is CN(C)C(=O)c1cccc(OCc2c(F)cccc2Cl)c1. The van der Waals surface area contributed by atoms with E-state index < -0.39 is 5.82 Å². The van der Waals surface area contributed by atoms with Crippen molar-refractivity contribution >= 4 is 17.5 Å². The average Bonchev–Trinajstić information content (AvgIpc) is 2.46. The second-order valence-electron chi connectivity index (χ2n) is 4.72. The summed E-state index contributed by atoms with van der Waals surface area (Å²) in [5.74, 6) is -0.0468. The van der Waals surface area contributed by atoms with Crippen molar-refractivity contribution in [2.24, 2.45) is 0 Å². The van der Waals surface area contributed by atoms with Gasteiger partial charge in [-0.2, -0.15) is 0 Å². The van der Waals surface area contributed by atoms with Gasteiger partial charge in [-0.05, 0) is 30.3 Å². The van der Waals surface area contributed by atoms with Crippen molar-refractivity contribution in [1.29, 1.82) is 0 Å². The number of hydrogen-bond donors (Lipinski definition) is 0. The van der Waals surface area contributed by atoms with E-state index in [0.717, 1.165) is 0 Å². The maximum atomic E-state index is 13.6. The fourth-order valence-corrected chi connectivity index (χ4v) is 2.02. The third-order valence-corrected chi connectivity index (χ3v) is 3.29. The van der Waals surface area contributed by atoms with Gasteiger partial charge in [-0.25, -0.2) is 4.39 Å². The maximum Gasteiger partial charge on any atom is 0.253 e. The molecule has 0 saturated carbocycles. The van der Waals surface area contributed by atoms with E-state index in [-0.39, 0.29) is 12.5 Å². The van der Waals surface area contributed by atoms with Crippen molar-refractivity contribution in [2.45, 2.75) is 6.61 Å². The molecule has 2 aromatic carbocycles. The van der Waals surface area contributed by atoms with Crippen LogP contribution < -0.4 is 4.74 Å². The van der Waals surface area contributed by atoms with Crippen LogP contribution in [-0.2, 0) is 6.61 Å². The number of benzene rings is 2. The number of hydrogen-bond acceptors (Lipinski definition) is 2. The van der Waals surface area contributed by atoms with Crippen LogP contribution in [0.3, 0.4) is 0 Å². The van der Waals surface area contributed by atoms with E-state index in [1.54, 1.807) is 44.4 Å². The predicted molar refractivity (Wildman–Crippen MR) is 80.2 cm³/mol. The average molecular weight is 308 g/mol. The molecule has 3 nitrogen and oxygen atoms in total. The topological polar surface area (TPSA) is 29.5 Å². The molecule has 0 radical (unpaired) electrons.